The van der Waals surface area contributed by atoms with Crippen LogP contribution in [-0.4, -0.2) is 5.78 Å². The Morgan fingerprint density at radius 1 is 1.25 bits per heavy atom. The predicted octanol–water partition coefficient (Wildman–Crippen LogP) is 4.75. The van der Waals surface area contributed by atoms with Crippen LogP contribution in [0.15, 0.2) is 59.1 Å². The highest BCUT2D eigenvalue weighted by atomic mass is 32.1. The molecule has 2 aromatic rings. The van der Waals surface area contributed by atoms with Gasteiger partial charge in [0.05, 0.1) is 17.6 Å². The van der Waals surface area contributed by atoms with Crippen LogP contribution in [-0.2, 0) is 11.2 Å². The van der Waals surface area contributed by atoms with E-state index in [1.54, 1.807) is 28.4 Å². The van der Waals surface area contributed by atoms with E-state index in [0.29, 0.717) is 35.5 Å². The summed E-state index contributed by atoms with van der Waals surface area (Å²) in [5.74, 6) is -0.389. The van der Waals surface area contributed by atoms with Gasteiger partial charge in [-0.1, -0.05) is 6.92 Å². The van der Waals surface area contributed by atoms with E-state index in [9.17, 15) is 14.4 Å². The smallest absolute Gasteiger partial charge is 0.161 e. The Morgan fingerprint density at radius 2 is 2.00 bits per heavy atom. The molecule has 0 fully saturated rings. The zero-order chi connectivity index (χ0) is 19.8. The zero-order valence-corrected chi connectivity index (χ0v) is 16.4. The van der Waals surface area contributed by atoms with Crippen LogP contribution in [0.2, 0.25) is 0 Å². The number of benzene rings is 1. The Kier molecular flexibility index (Phi) is 4.78. The van der Waals surface area contributed by atoms with Gasteiger partial charge in [0.1, 0.15) is 11.6 Å². The van der Waals surface area contributed by atoms with Crippen molar-refractivity contribution in [3.05, 3.63) is 74.6 Å². The van der Waals surface area contributed by atoms with Crippen LogP contribution in [0.5, 0.6) is 0 Å². The minimum absolute atomic E-state index is 0.0602. The molecular formula is C22H20FN3OS. The van der Waals surface area contributed by atoms with Crippen molar-refractivity contribution >= 4 is 22.8 Å². The molecule has 1 unspecified atom stereocenters. The summed E-state index contributed by atoms with van der Waals surface area (Å²) in [6.45, 7) is 2.08. The van der Waals surface area contributed by atoms with Gasteiger partial charge < -0.3 is 5.73 Å². The number of rotatable bonds is 3. The van der Waals surface area contributed by atoms with E-state index in [1.807, 2.05) is 12.1 Å². The molecule has 1 aromatic carbocycles. The van der Waals surface area contributed by atoms with Crippen LogP contribution in [0.3, 0.4) is 0 Å². The van der Waals surface area contributed by atoms with E-state index in [0.717, 1.165) is 23.4 Å². The van der Waals surface area contributed by atoms with Crippen molar-refractivity contribution in [1.82, 2.24) is 0 Å². The maximum absolute atomic E-state index is 13.4. The minimum Gasteiger partial charge on any atom is -0.384 e. The third-order valence-corrected chi connectivity index (χ3v) is 6.61. The van der Waals surface area contributed by atoms with Gasteiger partial charge in [0.15, 0.2) is 5.78 Å². The fourth-order valence-corrected chi connectivity index (χ4v) is 5.07. The van der Waals surface area contributed by atoms with E-state index >= 15 is 0 Å². The standard InChI is InChI=1S/C22H20FN3OS/c1-2-15-10-11-19(28-15)20-16(12-24)22(25)26(14-8-6-13(23)7-9-14)17-4-3-5-18(27)21(17)20/h6-11,20H,2-5,25H2,1H3. The number of aryl methyl sites for hydroxylation is 1. The first-order valence-electron chi connectivity index (χ1n) is 9.35. The average molecular weight is 393 g/mol. The fraction of sp³-hybridized carbons (Fsp3) is 0.273. The molecule has 142 valence electrons. The molecule has 4 nitrogen and oxygen atoms in total. The molecule has 0 spiro atoms. The number of Topliss-reactive ketones (excluding diaryl/α,β-unsaturated/α-hetero) is 1. The summed E-state index contributed by atoms with van der Waals surface area (Å²) in [4.78, 5) is 16.9. The lowest BCUT2D eigenvalue weighted by Gasteiger charge is -2.39. The summed E-state index contributed by atoms with van der Waals surface area (Å²) in [5.41, 5.74) is 9.00. The molecule has 2 aliphatic rings. The number of thiophene rings is 1. The van der Waals surface area contributed by atoms with E-state index in [1.165, 1.54) is 17.0 Å². The normalized spacial score (nSPS) is 19.7. The van der Waals surface area contributed by atoms with Gasteiger partial charge in [0.2, 0.25) is 0 Å². The number of hydrogen-bond donors (Lipinski definition) is 1. The minimum atomic E-state index is -0.421. The number of hydrogen-bond acceptors (Lipinski definition) is 5. The third kappa shape index (κ3) is 2.92. The van der Waals surface area contributed by atoms with E-state index in [4.69, 9.17) is 5.73 Å². The molecule has 4 rings (SSSR count). The van der Waals surface area contributed by atoms with Crippen LogP contribution in [0.4, 0.5) is 10.1 Å². The molecule has 1 aromatic heterocycles. The first-order chi connectivity index (χ1) is 13.5. The highest BCUT2D eigenvalue weighted by molar-refractivity contribution is 7.12. The Balaban J connectivity index is 1.93. The van der Waals surface area contributed by atoms with Gasteiger partial charge in [-0.3, -0.25) is 9.69 Å². The average Bonchev–Trinajstić information content (AvgIpc) is 3.17. The molecule has 6 heteroatoms. The van der Waals surface area contributed by atoms with Crippen molar-refractivity contribution < 1.29 is 9.18 Å². The van der Waals surface area contributed by atoms with Crippen LogP contribution < -0.4 is 10.6 Å². The Bertz CT molecular complexity index is 1040. The van der Waals surface area contributed by atoms with Crippen molar-refractivity contribution in [1.29, 1.82) is 5.26 Å². The Hall–Kier alpha value is -2.91. The third-order valence-electron chi connectivity index (χ3n) is 5.31. The molecule has 2 N–H and O–H groups in total. The van der Waals surface area contributed by atoms with Gasteiger partial charge in [-0.25, -0.2) is 4.39 Å². The second kappa shape index (κ2) is 7.25. The molecule has 0 saturated carbocycles. The summed E-state index contributed by atoms with van der Waals surface area (Å²) in [6.07, 6.45) is 2.81. The Labute approximate surface area is 167 Å². The van der Waals surface area contributed by atoms with E-state index in [-0.39, 0.29) is 11.6 Å². The molecule has 1 aliphatic carbocycles. The fourth-order valence-electron chi connectivity index (χ4n) is 4.00. The monoisotopic (exact) mass is 393 g/mol. The largest absolute Gasteiger partial charge is 0.384 e. The summed E-state index contributed by atoms with van der Waals surface area (Å²) in [6, 6.07) is 12.3. The number of carbonyl (C=O) groups is 1. The lowest BCUT2D eigenvalue weighted by atomic mass is 9.78. The van der Waals surface area contributed by atoms with Crippen molar-refractivity contribution in [3.63, 3.8) is 0 Å². The second-order valence-electron chi connectivity index (χ2n) is 6.95. The summed E-state index contributed by atoms with van der Waals surface area (Å²) < 4.78 is 13.4. The van der Waals surface area contributed by atoms with Crippen LogP contribution in [0, 0.1) is 17.1 Å². The second-order valence-corrected chi connectivity index (χ2v) is 8.15. The Morgan fingerprint density at radius 3 is 2.64 bits per heavy atom. The molecule has 1 aliphatic heterocycles. The number of nitrogens with two attached hydrogens (primary N) is 1. The van der Waals surface area contributed by atoms with Crippen molar-refractivity contribution in [2.24, 2.45) is 5.73 Å². The number of nitriles is 1. The van der Waals surface area contributed by atoms with Crippen LogP contribution in [0.1, 0.15) is 41.9 Å². The summed E-state index contributed by atoms with van der Waals surface area (Å²) in [7, 11) is 0. The van der Waals surface area contributed by atoms with Gasteiger partial charge in [0, 0.05) is 33.1 Å². The number of halogens is 1. The van der Waals surface area contributed by atoms with E-state index in [2.05, 4.69) is 13.0 Å². The maximum atomic E-state index is 13.4. The van der Waals surface area contributed by atoms with Gasteiger partial charge in [-0.05, 0) is 55.7 Å². The first-order valence-corrected chi connectivity index (χ1v) is 10.2. The van der Waals surface area contributed by atoms with E-state index < -0.39 is 5.92 Å². The molecule has 0 bridgehead atoms. The molecule has 0 saturated heterocycles. The highest BCUT2D eigenvalue weighted by Crippen LogP contribution is 2.47. The van der Waals surface area contributed by atoms with Gasteiger partial charge in [-0.15, -0.1) is 11.3 Å². The number of anilines is 1. The molecule has 0 amide bonds. The number of allylic oxidation sites excluding steroid dienone is 3. The van der Waals surface area contributed by atoms with Crippen LogP contribution >= 0.6 is 11.3 Å². The van der Waals surface area contributed by atoms with Gasteiger partial charge in [0.25, 0.3) is 0 Å². The molecule has 28 heavy (non-hydrogen) atoms. The number of ketones is 1. The molecular weight excluding hydrogens is 373 g/mol. The quantitative estimate of drug-likeness (QED) is 0.817. The summed E-state index contributed by atoms with van der Waals surface area (Å²) in [5, 5.41) is 9.94. The molecule has 1 atom stereocenters. The lowest BCUT2D eigenvalue weighted by molar-refractivity contribution is -0.116. The van der Waals surface area contributed by atoms with Crippen molar-refractivity contribution in [2.75, 3.05) is 4.90 Å². The van der Waals surface area contributed by atoms with Crippen LogP contribution in [0.25, 0.3) is 0 Å². The molecule has 0 radical (unpaired) electrons. The SMILES string of the molecule is CCc1ccc(C2C(C#N)=C(N)N(c3ccc(F)cc3)C3=C2C(=O)CCC3)s1. The molecule has 2 heterocycles. The zero-order valence-electron chi connectivity index (χ0n) is 15.5. The predicted molar refractivity (Wildman–Crippen MR) is 108 cm³/mol. The number of nitrogens with zero attached hydrogens (tertiary/aromatic N) is 2. The topological polar surface area (TPSA) is 70.1 Å². The van der Waals surface area contributed by atoms with Gasteiger partial charge >= 0.3 is 0 Å². The lowest BCUT2D eigenvalue weighted by Crippen LogP contribution is -2.38. The first kappa shape index (κ1) is 18.5. The highest BCUT2D eigenvalue weighted by Gasteiger charge is 2.40. The maximum Gasteiger partial charge on any atom is 0.161 e. The number of carbonyl (C=O) groups excluding carboxylic acids is 1. The summed E-state index contributed by atoms with van der Waals surface area (Å²) >= 11 is 1.62. The van der Waals surface area contributed by atoms with Gasteiger partial charge in [-0.2, -0.15) is 5.26 Å². The van der Waals surface area contributed by atoms with Crippen molar-refractivity contribution in [2.45, 2.75) is 38.5 Å². The van der Waals surface area contributed by atoms with Crippen molar-refractivity contribution in [3.8, 4) is 6.07 Å².